The monoisotopic (exact) mass is 585 g/mol. The summed E-state index contributed by atoms with van der Waals surface area (Å²) in [6, 6.07) is 6.19. The van der Waals surface area contributed by atoms with E-state index in [4.69, 9.17) is 25.6 Å². The van der Waals surface area contributed by atoms with E-state index < -0.39 is 17.2 Å². The predicted octanol–water partition coefficient (Wildman–Crippen LogP) is 6.89. The van der Waals surface area contributed by atoms with Crippen molar-refractivity contribution < 1.29 is 27.8 Å². The average Bonchev–Trinajstić information content (AvgIpc) is 3.43. The minimum absolute atomic E-state index is 0.0236. The van der Waals surface area contributed by atoms with Gasteiger partial charge in [-0.1, -0.05) is 12.0 Å². The molecule has 2 aromatic heterocycles. The Morgan fingerprint density at radius 2 is 1.86 bits per heavy atom. The molecule has 2 atom stereocenters. The smallest absolute Gasteiger partial charge is 0.410 e. The molecule has 43 heavy (non-hydrogen) atoms. The highest BCUT2D eigenvalue weighted by Gasteiger charge is 2.59. The van der Waals surface area contributed by atoms with Crippen molar-refractivity contribution >= 4 is 27.6 Å². The molecule has 0 radical (unpaired) electrons. The fourth-order valence-electron chi connectivity index (χ4n) is 6.35. The van der Waals surface area contributed by atoms with Crippen LogP contribution >= 0.6 is 0 Å². The Hall–Kier alpha value is -4.29. The van der Waals surface area contributed by atoms with E-state index in [1.807, 2.05) is 34.6 Å². The lowest BCUT2D eigenvalue weighted by Crippen LogP contribution is -2.37. The molecule has 3 heterocycles. The molecule has 9 heteroatoms. The maximum Gasteiger partial charge on any atom is 0.410 e. The van der Waals surface area contributed by atoms with Crippen LogP contribution in [0.2, 0.25) is 0 Å². The third kappa shape index (κ3) is 4.94. The molecule has 7 nitrogen and oxygen atoms in total. The predicted molar refractivity (Wildman–Crippen MR) is 160 cm³/mol. The van der Waals surface area contributed by atoms with Gasteiger partial charge in [0.1, 0.15) is 22.9 Å². The second-order valence-corrected chi connectivity index (χ2v) is 12.3. The van der Waals surface area contributed by atoms with Gasteiger partial charge in [0.15, 0.2) is 12.6 Å². The Bertz CT molecular complexity index is 1830. The number of carbonyl (C=O) groups excluding carboxylic acids is 1. The Labute approximate surface area is 249 Å². The number of hydrogen-bond acceptors (Lipinski definition) is 6. The Balaban J connectivity index is 1.45. The van der Waals surface area contributed by atoms with E-state index >= 15 is 4.39 Å². The second-order valence-electron chi connectivity index (χ2n) is 12.3. The van der Waals surface area contributed by atoms with Crippen molar-refractivity contribution in [3.8, 4) is 29.4 Å². The Morgan fingerprint density at radius 1 is 1.14 bits per heavy atom. The summed E-state index contributed by atoms with van der Waals surface area (Å²) in [7, 11) is 1.50. The number of nitrogens with zero attached hydrogens (tertiary/aromatic N) is 3. The van der Waals surface area contributed by atoms with Gasteiger partial charge in [0, 0.05) is 59.7 Å². The largest absolute Gasteiger partial charge is 0.468 e. The summed E-state index contributed by atoms with van der Waals surface area (Å²) in [5, 5.41) is 2.01. The zero-order valence-corrected chi connectivity index (χ0v) is 25.0. The van der Waals surface area contributed by atoms with Crippen LogP contribution < -0.4 is 4.74 Å². The number of benzene rings is 2. The van der Waals surface area contributed by atoms with Gasteiger partial charge in [-0.3, -0.25) is 9.97 Å². The summed E-state index contributed by atoms with van der Waals surface area (Å²) in [6.07, 6.45) is 7.05. The lowest BCUT2D eigenvalue weighted by molar-refractivity contribution is 0.0270. The van der Waals surface area contributed by atoms with Crippen LogP contribution in [-0.4, -0.2) is 53.6 Å². The van der Waals surface area contributed by atoms with Gasteiger partial charge in [0.2, 0.25) is 0 Å². The highest BCUT2D eigenvalue weighted by Crippen LogP contribution is 2.59. The van der Waals surface area contributed by atoms with Crippen LogP contribution in [0, 0.1) is 49.7 Å². The molecule has 2 aromatic carbocycles. The molecule has 0 spiro atoms. The van der Waals surface area contributed by atoms with E-state index in [9.17, 15) is 9.18 Å². The molecule has 1 saturated heterocycles. The van der Waals surface area contributed by atoms with Crippen LogP contribution in [0.25, 0.3) is 32.8 Å². The summed E-state index contributed by atoms with van der Waals surface area (Å²) in [5.74, 6) is 2.23. The number of aromatic nitrogens is 2. The summed E-state index contributed by atoms with van der Waals surface area (Å²) in [4.78, 5) is 23.9. The molecule has 222 valence electrons. The number of fused-ring (bicyclic) bond motifs is 3. The average molecular weight is 586 g/mol. The molecule has 1 saturated carbocycles. The first kappa shape index (κ1) is 28.8. The van der Waals surface area contributed by atoms with Crippen LogP contribution in [-0.2, 0) is 9.47 Å². The van der Waals surface area contributed by atoms with Crippen molar-refractivity contribution in [1.82, 2.24) is 14.9 Å². The van der Waals surface area contributed by atoms with Gasteiger partial charge >= 0.3 is 6.09 Å². The van der Waals surface area contributed by atoms with E-state index in [0.29, 0.717) is 57.2 Å². The highest BCUT2D eigenvalue weighted by atomic mass is 19.1. The number of halogens is 2. The minimum Gasteiger partial charge on any atom is -0.468 e. The van der Waals surface area contributed by atoms with E-state index in [1.165, 1.54) is 13.2 Å². The fourth-order valence-corrected chi connectivity index (χ4v) is 6.35. The molecule has 2 fully saturated rings. The lowest BCUT2D eigenvalue weighted by atomic mass is 9.94. The number of piperidine rings is 1. The van der Waals surface area contributed by atoms with Crippen LogP contribution in [0.3, 0.4) is 0 Å². The molecular weight excluding hydrogens is 552 g/mol. The molecule has 1 aliphatic carbocycles. The summed E-state index contributed by atoms with van der Waals surface area (Å²) in [5.41, 5.74) is 2.01. The molecule has 2 unspecified atom stereocenters. The number of likely N-dealkylation sites (tertiary alicyclic amines) is 1. The topological polar surface area (TPSA) is 73.8 Å². The third-order valence-corrected chi connectivity index (χ3v) is 8.45. The number of carbonyl (C=O) groups is 1. The van der Waals surface area contributed by atoms with E-state index in [-0.39, 0.29) is 41.9 Å². The van der Waals surface area contributed by atoms with E-state index in [2.05, 4.69) is 10.9 Å². The fraction of sp³-hybridized carbons (Fsp3) is 0.382. The normalized spacial score (nSPS) is 19.4. The first-order valence-corrected chi connectivity index (χ1v) is 14.2. The van der Waals surface area contributed by atoms with Crippen molar-refractivity contribution in [1.29, 1.82) is 0 Å². The van der Waals surface area contributed by atoms with Gasteiger partial charge in [-0.05, 0) is 75.6 Å². The zero-order valence-electron chi connectivity index (χ0n) is 25.0. The van der Waals surface area contributed by atoms with Crippen LogP contribution in [0.1, 0.15) is 49.2 Å². The van der Waals surface area contributed by atoms with Gasteiger partial charge in [-0.15, -0.1) is 6.42 Å². The lowest BCUT2D eigenvalue weighted by Gasteiger charge is -2.26. The van der Waals surface area contributed by atoms with Crippen LogP contribution in [0.5, 0.6) is 5.75 Å². The summed E-state index contributed by atoms with van der Waals surface area (Å²) >= 11 is 0. The third-order valence-electron chi connectivity index (χ3n) is 8.45. The van der Waals surface area contributed by atoms with Crippen molar-refractivity contribution in [2.75, 3.05) is 27.0 Å². The van der Waals surface area contributed by atoms with Gasteiger partial charge in [-0.2, -0.15) is 0 Å². The Morgan fingerprint density at radius 3 is 2.51 bits per heavy atom. The highest BCUT2D eigenvalue weighted by molar-refractivity contribution is 6.03. The van der Waals surface area contributed by atoms with Crippen molar-refractivity contribution in [3.05, 3.63) is 64.6 Å². The van der Waals surface area contributed by atoms with Gasteiger partial charge in [0.05, 0.1) is 11.3 Å². The van der Waals surface area contributed by atoms with E-state index in [0.717, 1.165) is 5.69 Å². The quantitative estimate of drug-likeness (QED) is 0.188. The number of amides is 1. The second kappa shape index (κ2) is 10.5. The van der Waals surface area contributed by atoms with Gasteiger partial charge < -0.3 is 19.1 Å². The molecular formula is C34H33F2N3O4. The molecule has 0 N–H and O–H groups in total. The van der Waals surface area contributed by atoms with Crippen LogP contribution in [0.4, 0.5) is 13.6 Å². The SMILES string of the molecule is C#Cc1c(F)ccc2cc(OCOC)cc(-c3ncc4c(C5C6CN(C(=O)OC(C)(C)C)CC65)nc(C)c(C)c4c3F)c12. The number of methoxy groups -OCH3 is 1. The van der Waals surface area contributed by atoms with Crippen LogP contribution in [0.15, 0.2) is 30.5 Å². The molecule has 0 bridgehead atoms. The number of pyridine rings is 2. The molecule has 6 rings (SSSR count). The molecule has 1 aliphatic heterocycles. The molecule has 2 aliphatic rings. The van der Waals surface area contributed by atoms with Crippen molar-refractivity contribution in [2.24, 2.45) is 11.8 Å². The standard InChI is InChI=1S/C34H33F2N3O4/c1-8-21-26(35)10-9-19-11-20(42-16-41-7)12-22(28(19)21)32-30(36)27-17(2)18(3)38-31(23(27)13-37-32)29-24-14-39(15-25(24)29)33(40)43-34(4,5)6/h1,9-13,24-25,29H,14-16H2,2-7H3. The van der Waals surface area contributed by atoms with E-state index in [1.54, 1.807) is 29.3 Å². The van der Waals surface area contributed by atoms with Gasteiger partial charge in [0.25, 0.3) is 0 Å². The number of hydrogen-bond donors (Lipinski definition) is 0. The summed E-state index contributed by atoms with van der Waals surface area (Å²) < 4.78 is 47.9. The minimum atomic E-state index is -0.581. The number of ether oxygens (including phenoxy) is 3. The Kier molecular flexibility index (Phi) is 7.01. The number of terminal acetylenes is 1. The number of rotatable bonds is 5. The number of aryl methyl sites for hydroxylation is 2. The van der Waals surface area contributed by atoms with Gasteiger partial charge in [-0.25, -0.2) is 13.6 Å². The molecule has 1 amide bonds. The first-order chi connectivity index (χ1) is 20.4. The maximum absolute atomic E-state index is 16.8. The molecule has 4 aromatic rings. The zero-order chi connectivity index (χ0) is 30.8. The first-order valence-electron chi connectivity index (χ1n) is 14.2. The van der Waals surface area contributed by atoms with Crippen molar-refractivity contribution in [3.63, 3.8) is 0 Å². The van der Waals surface area contributed by atoms with Crippen molar-refractivity contribution in [2.45, 2.75) is 46.1 Å². The maximum atomic E-state index is 16.8. The summed E-state index contributed by atoms with van der Waals surface area (Å²) in [6.45, 7) is 10.3.